The van der Waals surface area contributed by atoms with Crippen molar-refractivity contribution in [3.63, 3.8) is 0 Å². The van der Waals surface area contributed by atoms with E-state index in [-0.39, 0.29) is 25.5 Å². The van der Waals surface area contributed by atoms with Gasteiger partial charge >= 0.3 is 5.97 Å². The van der Waals surface area contributed by atoms with Crippen LogP contribution >= 0.6 is 10.7 Å². The van der Waals surface area contributed by atoms with Crippen molar-refractivity contribution in [2.45, 2.75) is 18.3 Å². The number of hydrogen-bond acceptors (Lipinski definition) is 5. The zero-order valence-corrected chi connectivity index (χ0v) is 11.8. The van der Waals surface area contributed by atoms with Gasteiger partial charge in [0.15, 0.2) is 0 Å². The van der Waals surface area contributed by atoms with Crippen LogP contribution in [-0.2, 0) is 25.2 Å². The van der Waals surface area contributed by atoms with E-state index in [2.05, 4.69) is 0 Å². The number of esters is 1. The van der Waals surface area contributed by atoms with Gasteiger partial charge in [0.25, 0.3) is 0 Å². The van der Waals surface area contributed by atoms with Crippen molar-refractivity contribution < 1.29 is 22.7 Å². The molecule has 1 fully saturated rings. The minimum atomic E-state index is -3.78. The second-order valence-corrected chi connectivity index (χ2v) is 7.63. The van der Waals surface area contributed by atoms with Crippen molar-refractivity contribution in [2.24, 2.45) is 0 Å². The predicted molar refractivity (Wildman–Crippen MR) is 71.1 cm³/mol. The summed E-state index contributed by atoms with van der Waals surface area (Å²) in [5.74, 6) is -0.763. The van der Waals surface area contributed by atoms with Crippen LogP contribution < -0.4 is 4.90 Å². The summed E-state index contributed by atoms with van der Waals surface area (Å²) < 4.78 is 27.5. The Morgan fingerprint density at radius 3 is 2.70 bits per heavy atom. The van der Waals surface area contributed by atoms with Gasteiger partial charge in [-0.2, -0.15) is 0 Å². The second kappa shape index (κ2) is 4.46. The number of nitrogens with zero attached hydrogens (tertiary/aromatic N) is 1. The summed E-state index contributed by atoms with van der Waals surface area (Å²) >= 11 is 0. The first-order valence-electron chi connectivity index (χ1n) is 5.90. The molecule has 1 amide bonds. The average Bonchev–Trinajstić information content (AvgIpc) is 2.93. The van der Waals surface area contributed by atoms with Crippen LogP contribution in [0.3, 0.4) is 0 Å². The quantitative estimate of drug-likeness (QED) is 0.601. The Kier molecular flexibility index (Phi) is 2.98. The van der Waals surface area contributed by atoms with Crippen LogP contribution in [0.2, 0.25) is 0 Å². The second-order valence-electron chi connectivity index (χ2n) is 4.72. The van der Waals surface area contributed by atoms with E-state index in [1.54, 1.807) is 18.2 Å². The molecule has 2 heterocycles. The van der Waals surface area contributed by atoms with E-state index >= 15 is 0 Å². The number of benzene rings is 1. The first-order chi connectivity index (χ1) is 9.36. The van der Waals surface area contributed by atoms with Gasteiger partial charge in [-0.25, -0.2) is 13.2 Å². The fraction of sp³-hybridized carbons (Fsp3) is 0.333. The number of rotatable bonds is 2. The number of cyclic esters (lactones) is 1. The molecule has 6 nitrogen and oxygen atoms in total. The highest BCUT2D eigenvalue weighted by molar-refractivity contribution is 8.14. The van der Waals surface area contributed by atoms with Crippen LogP contribution in [0.5, 0.6) is 0 Å². The van der Waals surface area contributed by atoms with Gasteiger partial charge < -0.3 is 9.64 Å². The fourth-order valence-electron chi connectivity index (χ4n) is 2.38. The molecule has 0 radical (unpaired) electrons. The molecule has 0 spiro atoms. The third-order valence-corrected chi connectivity index (χ3v) is 5.34. The smallest absolute Gasteiger partial charge is 0.338 e. The molecule has 0 saturated carbocycles. The summed E-state index contributed by atoms with van der Waals surface area (Å²) in [6.07, 6.45) is -0.145. The molecule has 2 aliphatic heterocycles. The number of amides is 1. The van der Waals surface area contributed by atoms with Gasteiger partial charge in [0.1, 0.15) is 11.9 Å². The Morgan fingerprint density at radius 1 is 1.30 bits per heavy atom. The Labute approximate surface area is 119 Å². The van der Waals surface area contributed by atoms with Gasteiger partial charge in [0, 0.05) is 34.9 Å². The van der Waals surface area contributed by atoms with Crippen LogP contribution in [-0.4, -0.2) is 32.1 Å². The zero-order chi connectivity index (χ0) is 14.5. The molecular formula is C12H10ClNO5S. The minimum absolute atomic E-state index is 0.00149. The molecule has 0 bridgehead atoms. The topological polar surface area (TPSA) is 80.8 Å². The van der Waals surface area contributed by atoms with Crippen LogP contribution in [0.25, 0.3) is 0 Å². The molecule has 3 rings (SSSR count). The highest BCUT2D eigenvalue weighted by Gasteiger charge is 2.38. The molecule has 1 unspecified atom stereocenters. The standard InChI is InChI=1S/C12H10ClNO5S/c13-20(17,18)9-4-11(15)14(5-9)8-2-1-7-6-19-12(16)10(7)3-8/h1-3,9H,4-6H2. The number of hydrogen-bond donors (Lipinski definition) is 0. The van der Waals surface area contributed by atoms with Crippen LogP contribution in [0.15, 0.2) is 18.2 Å². The third-order valence-electron chi connectivity index (χ3n) is 3.47. The van der Waals surface area contributed by atoms with E-state index < -0.39 is 20.3 Å². The van der Waals surface area contributed by atoms with Crippen molar-refractivity contribution in [2.75, 3.05) is 11.4 Å². The minimum Gasteiger partial charge on any atom is -0.457 e. The summed E-state index contributed by atoms with van der Waals surface area (Å²) in [4.78, 5) is 24.7. The number of halogens is 1. The number of ether oxygens (including phenoxy) is 1. The maximum absolute atomic E-state index is 11.9. The van der Waals surface area contributed by atoms with Gasteiger partial charge in [-0.05, 0) is 12.1 Å². The highest BCUT2D eigenvalue weighted by Crippen LogP contribution is 2.30. The molecular weight excluding hydrogens is 306 g/mol. The van der Waals surface area contributed by atoms with E-state index in [1.165, 1.54) is 4.90 Å². The lowest BCUT2D eigenvalue weighted by atomic mass is 10.1. The Bertz CT molecular complexity index is 715. The van der Waals surface area contributed by atoms with Gasteiger partial charge in [-0.3, -0.25) is 4.79 Å². The lowest BCUT2D eigenvalue weighted by molar-refractivity contribution is -0.117. The van der Waals surface area contributed by atoms with Crippen molar-refractivity contribution in [3.8, 4) is 0 Å². The van der Waals surface area contributed by atoms with Gasteiger partial charge in [0.05, 0.1) is 5.56 Å². The van der Waals surface area contributed by atoms with Crippen LogP contribution in [0.4, 0.5) is 5.69 Å². The molecule has 0 aromatic heterocycles. The molecule has 1 atom stereocenters. The third kappa shape index (κ3) is 2.16. The lowest BCUT2D eigenvalue weighted by Gasteiger charge is -2.16. The summed E-state index contributed by atoms with van der Waals surface area (Å²) in [6, 6.07) is 4.92. The summed E-state index contributed by atoms with van der Waals surface area (Å²) in [6.45, 7) is 0.222. The number of anilines is 1. The molecule has 1 aromatic carbocycles. The monoisotopic (exact) mass is 315 g/mol. The summed E-state index contributed by atoms with van der Waals surface area (Å²) in [7, 11) is 1.51. The lowest BCUT2D eigenvalue weighted by Crippen LogP contribution is -2.26. The molecule has 1 saturated heterocycles. The van der Waals surface area contributed by atoms with Crippen LogP contribution in [0, 0.1) is 0 Å². The first kappa shape index (κ1) is 13.4. The zero-order valence-electron chi connectivity index (χ0n) is 10.2. The molecule has 2 aliphatic rings. The average molecular weight is 316 g/mol. The Morgan fingerprint density at radius 2 is 2.05 bits per heavy atom. The first-order valence-corrected chi connectivity index (χ1v) is 8.27. The molecule has 20 heavy (non-hydrogen) atoms. The predicted octanol–water partition coefficient (Wildman–Crippen LogP) is 1.03. The van der Waals surface area contributed by atoms with Crippen molar-refractivity contribution in [1.82, 2.24) is 0 Å². The molecule has 1 aromatic rings. The van der Waals surface area contributed by atoms with Crippen LogP contribution in [0.1, 0.15) is 22.3 Å². The Hall–Kier alpha value is -1.60. The van der Waals surface area contributed by atoms with Gasteiger partial charge in [-0.15, -0.1) is 0 Å². The maximum Gasteiger partial charge on any atom is 0.338 e. The van der Waals surface area contributed by atoms with Gasteiger partial charge in [0.2, 0.25) is 15.0 Å². The summed E-state index contributed by atoms with van der Waals surface area (Å²) in [5.41, 5.74) is 1.65. The van der Waals surface area contributed by atoms with E-state index in [0.29, 0.717) is 11.3 Å². The number of fused-ring (bicyclic) bond motifs is 1. The van der Waals surface area contributed by atoms with E-state index in [4.69, 9.17) is 15.4 Å². The maximum atomic E-state index is 11.9. The van der Waals surface area contributed by atoms with E-state index in [0.717, 1.165) is 5.56 Å². The number of carbonyl (C=O) groups excluding carboxylic acids is 2. The largest absolute Gasteiger partial charge is 0.457 e. The van der Waals surface area contributed by atoms with Crippen molar-refractivity contribution in [1.29, 1.82) is 0 Å². The fourth-order valence-corrected chi connectivity index (χ4v) is 3.41. The Balaban J connectivity index is 1.93. The highest BCUT2D eigenvalue weighted by atomic mass is 35.7. The van der Waals surface area contributed by atoms with Crippen molar-refractivity contribution >= 4 is 37.3 Å². The van der Waals surface area contributed by atoms with E-state index in [9.17, 15) is 18.0 Å². The molecule has 106 valence electrons. The van der Waals surface area contributed by atoms with Crippen molar-refractivity contribution in [3.05, 3.63) is 29.3 Å². The molecule has 0 aliphatic carbocycles. The molecule has 0 N–H and O–H groups in total. The summed E-state index contributed by atoms with van der Waals surface area (Å²) in [5, 5.41) is -0.920. The number of carbonyl (C=O) groups is 2. The molecule has 8 heteroatoms. The SMILES string of the molecule is O=C1OCc2ccc(N3CC(S(=O)(=O)Cl)CC3=O)cc21. The van der Waals surface area contributed by atoms with E-state index in [1.807, 2.05) is 0 Å². The van der Waals surface area contributed by atoms with Gasteiger partial charge in [-0.1, -0.05) is 6.07 Å². The normalized spacial score (nSPS) is 22.1.